The molecule has 0 atom stereocenters. The lowest BCUT2D eigenvalue weighted by Crippen LogP contribution is -2.17. The Morgan fingerprint density at radius 2 is 1.68 bits per heavy atom. The SMILES string of the molecule is O=C(O)Cc1cccc(-c2ccccc2)c1OCc1c(-c2ccccc2OC(F)(F)F)noc1C1CC1. The van der Waals surface area contributed by atoms with Gasteiger partial charge in [0.1, 0.15) is 29.6 Å². The van der Waals surface area contributed by atoms with Crippen molar-refractivity contribution in [1.29, 1.82) is 0 Å². The molecule has 1 N–H and O–H groups in total. The van der Waals surface area contributed by atoms with Crippen molar-refractivity contribution in [2.45, 2.75) is 38.1 Å². The summed E-state index contributed by atoms with van der Waals surface area (Å²) in [7, 11) is 0. The Morgan fingerprint density at radius 1 is 0.973 bits per heavy atom. The topological polar surface area (TPSA) is 81.8 Å². The fourth-order valence-electron chi connectivity index (χ4n) is 4.26. The molecular formula is C28H22F3NO5. The second-order valence-corrected chi connectivity index (χ2v) is 8.71. The number of carbonyl (C=O) groups is 1. The highest BCUT2D eigenvalue weighted by atomic mass is 19.4. The van der Waals surface area contributed by atoms with Gasteiger partial charge in [-0.05, 0) is 30.5 Å². The number of nitrogens with zero attached hydrogens (tertiary/aromatic N) is 1. The van der Waals surface area contributed by atoms with Crippen molar-refractivity contribution in [3.05, 3.63) is 89.7 Å². The Balaban J connectivity index is 1.55. The highest BCUT2D eigenvalue weighted by Gasteiger charge is 2.36. The first kappa shape index (κ1) is 24.4. The van der Waals surface area contributed by atoms with E-state index >= 15 is 0 Å². The van der Waals surface area contributed by atoms with Crippen LogP contribution in [0.25, 0.3) is 22.4 Å². The second kappa shape index (κ2) is 10.0. The average Bonchev–Trinajstić information content (AvgIpc) is 3.62. The van der Waals surface area contributed by atoms with Gasteiger partial charge in [-0.25, -0.2) is 0 Å². The van der Waals surface area contributed by atoms with Gasteiger partial charge in [0.15, 0.2) is 0 Å². The highest BCUT2D eigenvalue weighted by Crippen LogP contribution is 2.46. The Labute approximate surface area is 210 Å². The molecule has 0 amide bonds. The highest BCUT2D eigenvalue weighted by molar-refractivity contribution is 5.77. The molecule has 1 heterocycles. The Kier molecular flexibility index (Phi) is 6.60. The lowest BCUT2D eigenvalue weighted by molar-refractivity contribution is -0.274. The molecule has 190 valence electrons. The number of aliphatic carboxylic acids is 1. The normalized spacial score (nSPS) is 13.4. The van der Waals surface area contributed by atoms with Crippen molar-refractivity contribution in [2.75, 3.05) is 0 Å². The van der Waals surface area contributed by atoms with Crippen LogP contribution < -0.4 is 9.47 Å². The number of carboxylic acids is 1. The molecule has 1 aromatic heterocycles. The van der Waals surface area contributed by atoms with E-state index in [1.54, 1.807) is 18.2 Å². The van der Waals surface area contributed by atoms with Crippen LogP contribution in [0, 0.1) is 0 Å². The average molecular weight is 509 g/mol. The van der Waals surface area contributed by atoms with Crippen LogP contribution in [0.5, 0.6) is 11.5 Å². The van der Waals surface area contributed by atoms with E-state index < -0.39 is 18.1 Å². The van der Waals surface area contributed by atoms with Crippen molar-refractivity contribution in [2.24, 2.45) is 0 Å². The van der Waals surface area contributed by atoms with Gasteiger partial charge >= 0.3 is 12.3 Å². The molecule has 37 heavy (non-hydrogen) atoms. The third kappa shape index (κ3) is 5.61. The lowest BCUT2D eigenvalue weighted by Gasteiger charge is -2.17. The van der Waals surface area contributed by atoms with Crippen LogP contribution in [-0.4, -0.2) is 22.6 Å². The molecule has 5 rings (SSSR count). The number of hydrogen-bond donors (Lipinski definition) is 1. The summed E-state index contributed by atoms with van der Waals surface area (Å²) in [6, 6.07) is 20.4. The predicted molar refractivity (Wildman–Crippen MR) is 128 cm³/mol. The fraction of sp³-hybridized carbons (Fsp3) is 0.214. The minimum atomic E-state index is -4.88. The van der Waals surface area contributed by atoms with Crippen LogP contribution in [0.15, 0.2) is 77.3 Å². The number of ether oxygens (including phenoxy) is 2. The van der Waals surface area contributed by atoms with Gasteiger partial charge < -0.3 is 19.1 Å². The maximum absolute atomic E-state index is 13.1. The van der Waals surface area contributed by atoms with Crippen molar-refractivity contribution in [1.82, 2.24) is 5.16 Å². The third-order valence-corrected chi connectivity index (χ3v) is 6.02. The number of halogens is 3. The number of carboxylic acid groups (broad SMARTS) is 1. The summed E-state index contributed by atoms with van der Waals surface area (Å²) in [6.45, 7) is -0.0819. The predicted octanol–water partition coefficient (Wildman–Crippen LogP) is 6.99. The molecule has 0 spiro atoms. The maximum Gasteiger partial charge on any atom is 0.573 e. The smallest absolute Gasteiger partial charge is 0.488 e. The molecule has 0 saturated heterocycles. The molecule has 0 aliphatic heterocycles. The van der Waals surface area contributed by atoms with Gasteiger partial charge in [0.2, 0.25) is 0 Å². The summed E-state index contributed by atoms with van der Waals surface area (Å²) < 4.78 is 55.3. The van der Waals surface area contributed by atoms with Crippen molar-refractivity contribution >= 4 is 5.97 Å². The Hall–Kier alpha value is -4.27. The van der Waals surface area contributed by atoms with Gasteiger partial charge in [0.05, 0.1) is 12.0 Å². The molecule has 1 aliphatic carbocycles. The molecule has 3 aromatic carbocycles. The van der Waals surface area contributed by atoms with E-state index in [0.717, 1.165) is 18.4 Å². The van der Waals surface area contributed by atoms with E-state index in [4.69, 9.17) is 9.26 Å². The Bertz CT molecular complexity index is 1410. The maximum atomic E-state index is 13.1. The van der Waals surface area contributed by atoms with Crippen LogP contribution >= 0.6 is 0 Å². The summed E-state index contributed by atoms with van der Waals surface area (Å²) >= 11 is 0. The fourth-order valence-corrected chi connectivity index (χ4v) is 4.26. The zero-order chi connectivity index (χ0) is 26.0. The van der Waals surface area contributed by atoms with Gasteiger partial charge in [0.25, 0.3) is 0 Å². The second-order valence-electron chi connectivity index (χ2n) is 8.71. The van der Waals surface area contributed by atoms with Crippen LogP contribution in [0.2, 0.25) is 0 Å². The van der Waals surface area contributed by atoms with E-state index in [-0.39, 0.29) is 30.2 Å². The van der Waals surface area contributed by atoms with Crippen molar-refractivity contribution in [3.63, 3.8) is 0 Å². The first-order chi connectivity index (χ1) is 17.8. The summed E-state index contributed by atoms with van der Waals surface area (Å²) in [5.41, 5.74) is 2.83. The molecule has 4 aromatic rings. The first-order valence-corrected chi connectivity index (χ1v) is 11.7. The van der Waals surface area contributed by atoms with E-state index in [2.05, 4.69) is 9.89 Å². The Morgan fingerprint density at radius 3 is 2.38 bits per heavy atom. The monoisotopic (exact) mass is 509 g/mol. The third-order valence-electron chi connectivity index (χ3n) is 6.02. The van der Waals surface area contributed by atoms with Gasteiger partial charge in [-0.1, -0.05) is 65.8 Å². The number of para-hydroxylation sites is 2. The number of hydrogen-bond acceptors (Lipinski definition) is 5. The van der Waals surface area contributed by atoms with Crippen LogP contribution in [0.4, 0.5) is 13.2 Å². The van der Waals surface area contributed by atoms with E-state index in [0.29, 0.717) is 28.2 Å². The quantitative estimate of drug-likeness (QED) is 0.262. The lowest BCUT2D eigenvalue weighted by atomic mass is 9.99. The minimum absolute atomic E-state index is 0.0819. The number of aromatic nitrogens is 1. The number of benzene rings is 3. The number of rotatable bonds is 9. The molecule has 0 bridgehead atoms. The minimum Gasteiger partial charge on any atom is -0.488 e. The molecule has 1 saturated carbocycles. The van der Waals surface area contributed by atoms with E-state index in [9.17, 15) is 23.1 Å². The van der Waals surface area contributed by atoms with Crippen LogP contribution in [-0.2, 0) is 17.8 Å². The molecule has 9 heteroatoms. The van der Waals surface area contributed by atoms with Crippen LogP contribution in [0.1, 0.15) is 35.6 Å². The summed E-state index contributed by atoms with van der Waals surface area (Å²) in [5.74, 6) is -0.391. The molecule has 1 aliphatic rings. The summed E-state index contributed by atoms with van der Waals surface area (Å²) in [5, 5.41) is 13.6. The van der Waals surface area contributed by atoms with Gasteiger partial charge in [-0.2, -0.15) is 0 Å². The molecule has 0 unspecified atom stereocenters. The molecule has 6 nitrogen and oxygen atoms in total. The van der Waals surface area contributed by atoms with Gasteiger partial charge in [-0.3, -0.25) is 4.79 Å². The van der Waals surface area contributed by atoms with Gasteiger partial charge in [-0.15, -0.1) is 13.2 Å². The summed E-state index contributed by atoms with van der Waals surface area (Å²) in [6.07, 6.45) is -3.40. The zero-order valence-corrected chi connectivity index (χ0v) is 19.5. The largest absolute Gasteiger partial charge is 0.573 e. The van der Waals surface area contributed by atoms with Crippen LogP contribution in [0.3, 0.4) is 0 Å². The molecule has 0 radical (unpaired) electrons. The van der Waals surface area contributed by atoms with Crippen molar-refractivity contribution in [3.8, 4) is 33.9 Å². The number of alkyl halides is 3. The van der Waals surface area contributed by atoms with Crippen molar-refractivity contribution < 1.29 is 37.1 Å². The zero-order valence-electron chi connectivity index (χ0n) is 19.5. The van der Waals surface area contributed by atoms with E-state index in [1.165, 1.54) is 18.2 Å². The van der Waals surface area contributed by atoms with E-state index in [1.807, 2.05) is 36.4 Å². The standard InChI is InChI=1S/C28H22F3NO5/c29-28(30,31)36-23-12-5-4-10-21(23)25-22(27(37-32-25)18-13-14-18)16-35-26-19(15-24(33)34)9-6-11-20(26)17-7-2-1-3-8-17/h1-12,18H,13-16H2,(H,33,34). The summed E-state index contributed by atoms with van der Waals surface area (Å²) in [4.78, 5) is 11.6. The first-order valence-electron chi connectivity index (χ1n) is 11.7. The molecular weight excluding hydrogens is 487 g/mol. The van der Waals surface area contributed by atoms with Gasteiger partial charge in [0, 0.05) is 22.6 Å². The molecule has 1 fully saturated rings.